The van der Waals surface area contributed by atoms with Crippen molar-refractivity contribution < 1.29 is 9.32 Å². The molecule has 0 spiro atoms. The quantitative estimate of drug-likeness (QED) is 0.763. The second-order valence-corrected chi connectivity index (χ2v) is 6.41. The molecule has 2 unspecified atom stereocenters. The third-order valence-electron chi connectivity index (χ3n) is 4.25. The van der Waals surface area contributed by atoms with Gasteiger partial charge in [0.15, 0.2) is 11.6 Å². The number of carbonyl (C=O) groups excluding carboxylic acids is 1. The number of hydrogen-bond donors (Lipinski definition) is 0. The molecular formula is C12H16N4O2S. The first-order chi connectivity index (χ1) is 9.31. The van der Waals surface area contributed by atoms with E-state index in [4.69, 9.17) is 4.52 Å². The first-order valence-electron chi connectivity index (χ1n) is 6.71. The van der Waals surface area contributed by atoms with Crippen LogP contribution in [0.25, 0.3) is 0 Å². The summed E-state index contributed by atoms with van der Waals surface area (Å²) in [4.78, 5) is 21.1. The highest BCUT2D eigenvalue weighted by atomic mass is 32.2. The average molecular weight is 280 g/mol. The normalized spacial score (nSPS) is 38.0. The van der Waals surface area contributed by atoms with Gasteiger partial charge in [0.05, 0.1) is 11.8 Å². The lowest BCUT2D eigenvalue weighted by Crippen LogP contribution is -2.57. The zero-order valence-corrected chi connectivity index (χ0v) is 11.4. The Labute approximate surface area is 115 Å². The van der Waals surface area contributed by atoms with Gasteiger partial charge >= 0.3 is 0 Å². The van der Waals surface area contributed by atoms with Gasteiger partial charge in [0, 0.05) is 38.5 Å². The smallest absolute Gasteiger partial charge is 0.238 e. The highest BCUT2D eigenvalue weighted by molar-refractivity contribution is 8.00. The summed E-state index contributed by atoms with van der Waals surface area (Å²) in [5.74, 6) is 2.66. The van der Waals surface area contributed by atoms with Gasteiger partial charge in [0.25, 0.3) is 0 Å². The molecule has 2 atom stereocenters. The number of Topliss-reactive ketones (excluding diaryl/α,β-unsaturated/α-hetero) is 1. The molecule has 5 heterocycles. The van der Waals surface area contributed by atoms with Gasteiger partial charge in [0.2, 0.25) is 5.89 Å². The SMILES string of the molecule is O=C1CSCC1c1nc(C2CN3CCN2CC3)no1. The predicted octanol–water partition coefficient (Wildman–Crippen LogP) is 0.141. The van der Waals surface area contributed by atoms with Gasteiger partial charge in [-0.3, -0.25) is 14.6 Å². The second-order valence-electron chi connectivity index (χ2n) is 5.38. The largest absolute Gasteiger partial charge is 0.338 e. The van der Waals surface area contributed by atoms with Crippen molar-refractivity contribution >= 4 is 17.5 Å². The Morgan fingerprint density at radius 2 is 2.11 bits per heavy atom. The number of aromatic nitrogens is 2. The molecule has 2 bridgehead atoms. The molecule has 0 aromatic carbocycles. The van der Waals surface area contributed by atoms with Crippen LogP contribution in [0.1, 0.15) is 23.7 Å². The molecule has 0 amide bonds. The first kappa shape index (κ1) is 11.9. The van der Waals surface area contributed by atoms with E-state index in [0.29, 0.717) is 11.6 Å². The molecule has 1 aromatic rings. The number of thioether (sulfide) groups is 1. The van der Waals surface area contributed by atoms with Crippen LogP contribution in [0.3, 0.4) is 0 Å². The van der Waals surface area contributed by atoms with Crippen LogP contribution in [0.15, 0.2) is 4.52 Å². The number of carbonyl (C=O) groups is 1. The summed E-state index contributed by atoms with van der Waals surface area (Å²) in [6.07, 6.45) is 0. The molecule has 0 saturated carbocycles. The van der Waals surface area contributed by atoms with Crippen molar-refractivity contribution in [3.8, 4) is 0 Å². The summed E-state index contributed by atoms with van der Waals surface area (Å²) in [6.45, 7) is 5.41. The standard InChI is InChI=1S/C12H16N4O2S/c17-10-7-19-6-8(10)12-13-11(14-18-12)9-5-15-1-3-16(9)4-2-15/h8-9H,1-7H2. The fraction of sp³-hybridized carbons (Fsp3) is 0.750. The van der Waals surface area contributed by atoms with Crippen LogP contribution in [0.5, 0.6) is 0 Å². The lowest BCUT2D eigenvalue weighted by atomic mass is 10.1. The van der Waals surface area contributed by atoms with Crippen LogP contribution in [0.2, 0.25) is 0 Å². The van der Waals surface area contributed by atoms with Gasteiger partial charge in [0.1, 0.15) is 5.92 Å². The van der Waals surface area contributed by atoms with Crippen molar-refractivity contribution in [2.24, 2.45) is 0 Å². The molecule has 19 heavy (non-hydrogen) atoms. The van der Waals surface area contributed by atoms with E-state index < -0.39 is 0 Å². The minimum Gasteiger partial charge on any atom is -0.338 e. The van der Waals surface area contributed by atoms with Crippen LogP contribution in [0, 0.1) is 0 Å². The third kappa shape index (κ3) is 2.00. The Balaban J connectivity index is 1.56. The summed E-state index contributed by atoms with van der Waals surface area (Å²) in [5, 5.41) is 4.12. The van der Waals surface area contributed by atoms with Gasteiger partial charge in [-0.1, -0.05) is 5.16 Å². The molecular weight excluding hydrogens is 264 g/mol. The Hall–Kier alpha value is -0.920. The summed E-state index contributed by atoms with van der Waals surface area (Å²) >= 11 is 1.65. The Bertz CT molecular complexity index is 498. The van der Waals surface area contributed by atoms with Crippen LogP contribution < -0.4 is 0 Å². The molecule has 4 fully saturated rings. The number of fused-ring (bicyclic) bond motifs is 3. The average Bonchev–Trinajstić information content (AvgIpc) is 3.08. The van der Waals surface area contributed by atoms with Crippen molar-refractivity contribution in [2.75, 3.05) is 44.2 Å². The number of nitrogens with zero attached hydrogens (tertiary/aromatic N) is 4. The van der Waals surface area contributed by atoms with Crippen molar-refractivity contribution in [3.63, 3.8) is 0 Å². The highest BCUT2D eigenvalue weighted by Crippen LogP contribution is 2.31. The fourth-order valence-electron chi connectivity index (χ4n) is 3.07. The summed E-state index contributed by atoms with van der Waals surface area (Å²) < 4.78 is 5.34. The lowest BCUT2D eigenvalue weighted by Gasteiger charge is -2.46. The Morgan fingerprint density at radius 3 is 2.74 bits per heavy atom. The molecule has 4 saturated heterocycles. The van der Waals surface area contributed by atoms with Crippen LogP contribution in [-0.4, -0.2) is 70.0 Å². The minimum atomic E-state index is -0.178. The molecule has 102 valence electrons. The van der Waals surface area contributed by atoms with E-state index in [-0.39, 0.29) is 17.7 Å². The minimum absolute atomic E-state index is 0.178. The van der Waals surface area contributed by atoms with E-state index >= 15 is 0 Å². The van der Waals surface area contributed by atoms with E-state index in [2.05, 4.69) is 19.9 Å². The van der Waals surface area contributed by atoms with Gasteiger partial charge in [-0.25, -0.2) is 0 Å². The van der Waals surface area contributed by atoms with Crippen molar-refractivity contribution in [2.45, 2.75) is 12.0 Å². The molecule has 5 rings (SSSR count). The molecule has 4 aliphatic rings. The third-order valence-corrected chi connectivity index (χ3v) is 5.31. The van der Waals surface area contributed by atoms with Gasteiger partial charge in [-0.15, -0.1) is 0 Å². The van der Waals surface area contributed by atoms with E-state index in [0.717, 1.165) is 44.3 Å². The molecule has 0 N–H and O–H groups in total. The number of hydrogen-bond acceptors (Lipinski definition) is 7. The second kappa shape index (κ2) is 4.57. The molecule has 0 aliphatic carbocycles. The number of ketones is 1. The topological polar surface area (TPSA) is 62.5 Å². The van der Waals surface area contributed by atoms with Crippen LogP contribution in [0.4, 0.5) is 0 Å². The van der Waals surface area contributed by atoms with Gasteiger partial charge in [-0.2, -0.15) is 16.7 Å². The van der Waals surface area contributed by atoms with E-state index in [1.54, 1.807) is 11.8 Å². The van der Waals surface area contributed by atoms with Crippen molar-refractivity contribution in [3.05, 3.63) is 11.7 Å². The zero-order valence-electron chi connectivity index (χ0n) is 10.6. The van der Waals surface area contributed by atoms with Crippen molar-refractivity contribution in [1.82, 2.24) is 19.9 Å². The monoisotopic (exact) mass is 280 g/mol. The van der Waals surface area contributed by atoms with E-state index in [1.165, 1.54) is 0 Å². The Kier molecular flexibility index (Phi) is 2.86. The lowest BCUT2D eigenvalue weighted by molar-refractivity contribution is -0.117. The maximum Gasteiger partial charge on any atom is 0.238 e. The summed E-state index contributed by atoms with van der Waals surface area (Å²) in [5.41, 5.74) is 0. The summed E-state index contributed by atoms with van der Waals surface area (Å²) in [6, 6.07) is 0.240. The number of rotatable bonds is 2. The van der Waals surface area contributed by atoms with Crippen LogP contribution in [-0.2, 0) is 4.79 Å². The molecule has 1 aromatic heterocycles. The van der Waals surface area contributed by atoms with Crippen molar-refractivity contribution in [1.29, 1.82) is 0 Å². The predicted molar refractivity (Wildman–Crippen MR) is 70.1 cm³/mol. The molecule has 7 heteroatoms. The molecule has 0 radical (unpaired) electrons. The van der Waals surface area contributed by atoms with E-state index in [9.17, 15) is 4.79 Å². The van der Waals surface area contributed by atoms with Crippen LogP contribution >= 0.6 is 11.8 Å². The fourth-order valence-corrected chi connectivity index (χ4v) is 4.15. The number of piperazine rings is 3. The summed E-state index contributed by atoms with van der Waals surface area (Å²) in [7, 11) is 0. The van der Waals surface area contributed by atoms with Gasteiger partial charge in [-0.05, 0) is 0 Å². The van der Waals surface area contributed by atoms with E-state index in [1.807, 2.05) is 0 Å². The maximum atomic E-state index is 11.7. The molecule has 6 nitrogen and oxygen atoms in total. The maximum absolute atomic E-state index is 11.7. The zero-order chi connectivity index (χ0) is 12.8. The Morgan fingerprint density at radius 1 is 1.26 bits per heavy atom. The highest BCUT2D eigenvalue weighted by Gasteiger charge is 2.37. The van der Waals surface area contributed by atoms with Gasteiger partial charge < -0.3 is 4.52 Å². The molecule has 4 aliphatic heterocycles. The first-order valence-corrected chi connectivity index (χ1v) is 7.87.